The summed E-state index contributed by atoms with van der Waals surface area (Å²) in [6, 6.07) is 6.48. The van der Waals surface area contributed by atoms with Crippen molar-refractivity contribution < 1.29 is 9.13 Å². The smallest absolute Gasteiger partial charge is 0.126 e. The Bertz CT molecular complexity index is 389. The van der Waals surface area contributed by atoms with Crippen LogP contribution in [0.2, 0.25) is 0 Å². The molecule has 1 aromatic rings. The lowest BCUT2D eigenvalue weighted by Gasteiger charge is -2.20. The van der Waals surface area contributed by atoms with Gasteiger partial charge < -0.3 is 10.5 Å². The molecule has 1 unspecified atom stereocenters. The maximum Gasteiger partial charge on any atom is 0.126 e. The van der Waals surface area contributed by atoms with Gasteiger partial charge in [0.15, 0.2) is 0 Å². The molecule has 0 bridgehead atoms. The van der Waals surface area contributed by atoms with Crippen molar-refractivity contribution >= 4 is 0 Å². The van der Waals surface area contributed by atoms with Crippen molar-refractivity contribution in [3.63, 3.8) is 0 Å². The summed E-state index contributed by atoms with van der Waals surface area (Å²) in [5, 5.41) is 0. The van der Waals surface area contributed by atoms with Gasteiger partial charge in [-0.05, 0) is 37.0 Å². The van der Waals surface area contributed by atoms with Gasteiger partial charge in [-0.1, -0.05) is 18.2 Å². The van der Waals surface area contributed by atoms with E-state index >= 15 is 0 Å². The van der Waals surface area contributed by atoms with Gasteiger partial charge in [0.2, 0.25) is 0 Å². The highest BCUT2D eigenvalue weighted by atomic mass is 19.1. The van der Waals surface area contributed by atoms with Crippen LogP contribution < -0.4 is 5.73 Å². The summed E-state index contributed by atoms with van der Waals surface area (Å²) in [6.07, 6.45) is 4.53. The van der Waals surface area contributed by atoms with Crippen LogP contribution in [0.15, 0.2) is 36.1 Å². The van der Waals surface area contributed by atoms with Crippen molar-refractivity contribution in [3.05, 3.63) is 47.5 Å². The molecule has 16 heavy (non-hydrogen) atoms. The zero-order valence-corrected chi connectivity index (χ0v) is 9.16. The number of hydrogen-bond donors (Lipinski definition) is 1. The fourth-order valence-corrected chi connectivity index (χ4v) is 1.84. The number of halogens is 1. The highest BCUT2D eigenvalue weighted by Gasteiger charge is 2.15. The lowest BCUT2D eigenvalue weighted by atomic mass is 10.0. The molecule has 0 fully saturated rings. The van der Waals surface area contributed by atoms with Crippen LogP contribution >= 0.6 is 0 Å². The standard InChI is InChI=1S/C13H16FNO/c14-11-6-2-1-5-10(11)9-12(15)13-7-3-4-8-16-13/h1-2,5-7,12H,3-4,8-9,15H2. The van der Waals surface area contributed by atoms with Gasteiger partial charge in [-0.25, -0.2) is 4.39 Å². The Morgan fingerprint density at radius 1 is 1.38 bits per heavy atom. The topological polar surface area (TPSA) is 35.2 Å². The van der Waals surface area contributed by atoms with E-state index in [4.69, 9.17) is 10.5 Å². The Balaban J connectivity index is 2.04. The van der Waals surface area contributed by atoms with Gasteiger partial charge in [-0.2, -0.15) is 0 Å². The number of hydrogen-bond acceptors (Lipinski definition) is 2. The van der Waals surface area contributed by atoms with E-state index in [0.717, 1.165) is 25.2 Å². The first-order valence-electron chi connectivity index (χ1n) is 5.59. The quantitative estimate of drug-likeness (QED) is 0.850. The van der Waals surface area contributed by atoms with Crippen LogP contribution in [-0.4, -0.2) is 12.6 Å². The number of ether oxygens (including phenoxy) is 1. The third-order valence-electron chi connectivity index (χ3n) is 2.73. The summed E-state index contributed by atoms with van der Waals surface area (Å²) < 4.78 is 18.9. The average molecular weight is 221 g/mol. The fourth-order valence-electron chi connectivity index (χ4n) is 1.84. The molecule has 0 saturated heterocycles. The van der Waals surface area contributed by atoms with Gasteiger partial charge in [0.1, 0.15) is 11.6 Å². The minimum atomic E-state index is -0.239. The summed E-state index contributed by atoms with van der Waals surface area (Å²) in [6.45, 7) is 0.719. The van der Waals surface area contributed by atoms with E-state index in [9.17, 15) is 4.39 Å². The molecule has 0 aliphatic carbocycles. The Labute approximate surface area is 94.9 Å². The first-order valence-corrected chi connectivity index (χ1v) is 5.59. The van der Waals surface area contributed by atoms with Crippen LogP contribution in [-0.2, 0) is 11.2 Å². The molecule has 0 saturated carbocycles. The van der Waals surface area contributed by atoms with Gasteiger partial charge in [-0.15, -0.1) is 0 Å². The van der Waals surface area contributed by atoms with Crippen molar-refractivity contribution in [2.24, 2.45) is 5.73 Å². The van der Waals surface area contributed by atoms with Gasteiger partial charge in [0, 0.05) is 0 Å². The van der Waals surface area contributed by atoms with E-state index in [1.165, 1.54) is 6.07 Å². The predicted molar refractivity (Wildman–Crippen MR) is 61.3 cm³/mol. The van der Waals surface area contributed by atoms with E-state index < -0.39 is 0 Å². The SMILES string of the molecule is NC(Cc1ccccc1F)C1=CCCCO1. The maximum absolute atomic E-state index is 13.4. The summed E-state index contributed by atoms with van der Waals surface area (Å²) >= 11 is 0. The molecular weight excluding hydrogens is 205 g/mol. The number of nitrogens with two attached hydrogens (primary N) is 1. The molecule has 1 heterocycles. The van der Waals surface area contributed by atoms with E-state index in [-0.39, 0.29) is 11.9 Å². The molecule has 0 amide bonds. The highest BCUT2D eigenvalue weighted by Crippen LogP contribution is 2.17. The first kappa shape index (κ1) is 11.1. The molecule has 0 spiro atoms. The van der Waals surface area contributed by atoms with Crippen LogP contribution in [0.1, 0.15) is 18.4 Å². The van der Waals surface area contributed by atoms with Crippen molar-refractivity contribution in [1.82, 2.24) is 0 Å². The molecule has 1 aromatic carbocycles. The van der Waals surface area contributed by atoms with Crippen molar-refractivity contribution in [3.8, 4) is 0 Å². The average Bonchev–Trinajstić information content (AvgIpc) is 2.33. The van der Waals surface area contributed by atoms with Crippen LogP contribution in [0, 0.1) is 5.82 Å². The molecule has 86 valence electrons. The number of benzene rings is 1. The van der Waals surface area contributed by atoms with E-state index in [1.807, 2.05) is 12.1 Å². The summed E-state index contributed by atoms with van der Waals surface area (Å²) in [7, 11) is 0. The lowest BCUT2D eigenvalue weighted by Crippen LogP contribution is -2.28. The molecule has 2 rings (SSSR count). The number of rotatable bonds is 3. The monoisotopic (exact) mass is 221 g/mol. The van der Waals surface area contributed by atoms with Crippen molar-refractivity contribution in [2.75, 3.05) is 6.61 Å². The summed E-state index contributed by atoms with van der Waals surface area (Å²) in [4.78, 5) is 0. The zero-order chi connectivity index (χ0) is 11.4. The van der Waals surface area contributed by atoms with Gasteiger partial charge in [0.25, 0.3) is 0 Å². The molecule has 2 N–H and O–H groups in total. The van der Waals surface area contributed by atoms with Crippen LogP contribution in [0.4, 0.5) is 4.39 Å². The molecule has 3 heteroatoms. The summed E-state index contributed by atoms with van der Waals surface area (Å²) in [5.41, 5.74) is 6.63. The van der Waals surface area contributed by atoms with E-state index in [0.29, 0.717) is 12.0 Å². The molecule has 0 aromatic heterocycles. The largest absolute Gasteiger partial charge is 0.497 e. The molecule has 1 aliphatic rings. The number of allylic oxidation sites excluding steroid dienone is 1. The fraction of sp³-hybridized carbons (Fsp3) is 0.385. The van der Waals surface area contributed by atoms with Crippen LogP contribution in [0.3, 0.4) is 0 Å². The highest BCUT2D eigenvalue weighted by molar-refractivity contribution is 5.21. The predicted octanol–water partition coefficient (Wildman–Crippen LogP) is 2.39. The maximum atomic E-state index is 13.4. The second-order valence-electron chi connectivity index (χ2n) is 4.00. The Kier molecular flexibility index (Phi) is 3.57. The third-order valence-corrected chi connectivity index (χ3v) is 2.73. The van der Waals surface area contributed by atoms with Gasteiger partial charge in [0.05, 0.1) is 12.6 Å². The minimum Gasteiger partial charge on any atom is -0.497 e. The van der Waals surface area contributed by atoms with Crippen molar-refractivity contribution in [2.45, 2.75) is 25.3 Å². The second-order valence-corrected chi connectivity index (χ2v) is 4.00. The molecule has 0 radical (unpaired) electrons. The minimum absolute atomic E-state index is 0.200. The molecular formula is C13H16FNO. The first-order chi connectivity index (χ1) is 7.77. The van der Waals surface area contributed by atoms with Crippen LogP contribution in [0.5, 0.6) is 0 Å². The second kappa shape index (κ2) is 5.12. The summed E-state index contributed by atoms with van der Waals surface area (Å²) in [5.74, 6) is 0.601. The third kappa shape index (κ3) is 2.61. The van der Waals surface area contributed by atoms with E-state index in [1.54, 1.807) is 12.1 Å². The van der Waals surface area contributed by atoms with Gasteiger partial charge in [-0.3, -0.25) is 0 Å². The van der Waals surface area contributed by atoms with Crippen LogP contribution in [0.25, 0.3) is 0 Å². The normalized spacial score (nSPS) is 17.5. The molecule has 2 nitrogen and oxygen atoms in total. The Morgan fingerprint density at radius 3 is 2.88 bits per heavy atom. The lowest BCUT2D eigenvalue weighted by molar-refractivity contribution is 0.175. The van der Waals surface area contributed by atoms with E-state index in [2.05, 4.69) is 0 Å². The Morgan fingerprint density at radius 2 is 2.19 bits per heavy atom. The molecule has 1 aliphatic heterocycles. The van der Waals surface area contributed by atoms with Crippen molar-refractivity contribution in [1.29, 1.82) is 0 Å². The molecule has 1 atom stereocenters. The Hall–Kier alpha value is -1.35. The van der Waals surface area contributed by atoms with Gasteiger partial charge >= 0.3 is 0 Å². The zero-order valence-electron chi connectivity index (χ0n) is 9.16.